The molecule has 3 N–H and O–H groups in total. The van der Waals surface area contributed by atoms with Crippen molar-refractivity contribution in [2.45, 2.75) is 45.8 Å². The van der Waals surface area contributed by atoms with Crippen molar-refractivity contribution >= 4 is 22.7 Å². The molecule has 2 aromatic carbocycles. The molecule has 32 heavy (non-hydrogen) atoms. The quantitative estimate of drug-likeness (QED) is 0.329. The first-order valence-corrected chi connectivity index (χ1v) is 11.2. The smallest absolute Gasteiger partial charge is 0.164 e. The zero-order valence-corrected chi connectivity index (χ0v) is 18.9. The molecule has 0 saturated carbocycles. The molecular formula is C26H31N5O. The fraction of sp³-hybridized carbons (Fsp3) is 0.308. The van der Waals surface area contributed by atoms with E-state index in [9.17, 15) is 5.11 Å². The van der Waals surface area contributed by atoms with Crippen LogP contribution in [0, 0.1) is 0 Å². The van der Waals surface area contributed by atoms with Crippen LogP contribution in [0.2, 0.25) is 0 Å². The molecule has 0 spiro atoms. The molecule has 2 heterocycles. The van der Waals surface area contributed by atoms with Crippen LogP contribution < -0.4 is 10.6 Å². The topological polar surface area (TPSA) is 75.0 Å². The second-order valence-corrected chi connectivity index (χ2v) is 8.32. The van der Waals surface area contributed by atoms with Gasteiger partial charge in [0.25, 0.3) is 0 Å². The summed E-state index contributed by atoms with van der Waals surface area (Å²) in [5.41, 5.74) is 6.22. The molecule has 0 aliphatic rings. The Morgan fingerprint density at radius 3 is 2.38 bits per heavy atom. The summed E-state index contributed by atoms with van der Waals surface area (Å²) in [7, 11) is 0. The van der Waals surface area contributed by atoms with Gasteiger partial charge in [-0.3, -0.25) is 0 Å². The number of hydrogen-bond donors (Lipinski definition) is 3. The first-order chi connectivity index (χ1) is 15.6. The lowest BCUT2D eigenvalue weighted by Gasteiger charge is -2.17. The van der Waals surface area contributed by atoms with Gasteiger partial charge in [0.1, 0.15) is 11.3 Å². The SMILES string of the molecule is CC[C@H](CO)Nc1cc(NCc2ccc(-c3ccccc3)cc2)c2ncn(C(C)C)c2n1. The summed E-state index contributed by atoms with van der Waals surface area (Å²) in [6.45, 7) is 7.03. The number of imidazole rings is 1. The molecule has 1 atom stereocenters. The van der Waals surface area contributed by atoms with Gasteiger partial charge in [-0.1, -0.05) is 61.5 Å². The molecule has 2 aromatic heterocycles. The Morgan fingerprint density at radius 2 is 1.72 bits per heavy atom. The third-order valence-corrected chi connectivity index (χ3v) is 5.70. The predicted molar refractivity (Wildman–Crippen MR) is 132 cm³/mol. The maximum absolute atomic E-state index is 9.61. The van der Waals surface area contributed by atoms with E-state index >= 15 is 0 Å². The van der Waals surface area contributed by atoms with Crippen LogP contribution in [0.15, 0.2) is 67.0 Å². The Labute approximate surface area is 189 Å². The number of benzene rings is 2. The molecule has 0 fully saturated rings. The van der Waals surface area contributed by atoms with E-state index in [4.69, 9.17) is 4.98 Å². The molecule has 6 heteroatoms. The Bertz CT molecular complexity index is 1150. The van der Waals surface area contributed by atoms with Crippen LogP contribution in [-0.2, 0) is 6.54 Å². The molecular weight excluding hydrogens is 398 g/mol. The zero-order chi connectivity index (χ0) is 22.5. The van der Waals surface area contributed by atoms with Crippen LogP contribution in [0.5, 0.6) is 0 Å². The number of aliphatic hydroxyl groups is 1. The second-order valence-electron chi connectivity index (χ2n) is 8.32. The van der Waals surface area contributed by atoms with E-state index in [1.165, 1.54) is 16.7 Å². The molecule has 4 aromatic rings. The van der Waals surface area contributed by atoms with Gasteiger partial charge in [-0.15, -0.1) is 0 Å². The van der Waals surface area contributed by atoms with E-state index in [2.05, 4.69) is 82.6 Å². The summed E-state index contributed by atoms with van der Waals surface area (Å²) in [4.78, 5) is 9.42. The van der Waals surface area contributed by atoms with Crippen LogP contribution in [0.1, 0.15) is 38.8 Å². The first-order valence-electron chi connectivity index (χ1n) is 11.2. The minimum absolute atomic E-state index is 0.0336. The lowest BCUT2D eigenvalue weighted by Crippen LogP contribution is -2.23. The van der Waals surface area contributed by atoms with Crippen molar-refractivity contribution < 1.29 is 5.11 Å². The molecule has 166 valence electrons. The number of hydrogen-bond acceptors (Lipinski definition) is 5. The number of nitrogens with one attached hydrogen (secondary N) is 2. The molecule has 0 unspecified atom stereocenters. The molecule has 0 saturated heterocycles. The van der Waals surface area contributed by atoms with Crippen molar-refractivity contribution in [1.29, 1.82) is 0 Å². The summed E-state index contributed by atoms with van der Waals surface area (Å²) in [6, 6.07) is 21.2. The molecule has 4 rings (SSSR count). The highest BCUT2D eigenvalue weighted by atomic mass is 16.3. The minimum Gasteiger partial charge on any atom is -0.394 e. The Kier molecular flexibility index (Phi) is 6.71. The van der Waals surface area contributed by atoms with Crippen LogP contribution in [-0.4, -0.2) is 32.3 Å². The molecule has 0 aliphatic heterocycles. The maximum Gasteiger partial charge on any atom is 0.164 e. The van der Waals surface area contributed by atoms with Crippen molar-refractivity contribution in [2.24, 2.45) is 0 Å². The Hall–Kier alpha value is -3.38. The molecule has 0 radical (unpaired) electrons. The lowest BCUT2D eigenvalue weighted by atomic mass is 10.0. The lowest BCUT2D eigenvalue weighted by molar-refractivity contribution is 0.271. The van der Waals surface area contributed by atoms with Gasteiger partial charge < -0.3 is 20.3 Å². The van der Waals surface area contributed by atoms with E-state index in [0.29, 0.717) is 6.54 Å². The van der Waals surface area contributed by atoms with Gasteiger partial charge in [0.05, 0.1) is 24.7 Å². The second kappa shape index (κ2) is 9.83. The maximum atomic E-state index is 9.61. The summed E-state index contributed by atoms with van der Waals surface area (Å²) >= 11 is 0. The standard InChI is InChI=1S/C26H31N5O/c1-4-22(16-32)29-24-14-23(25-26(30-24)31(17-28-25)18(2)3)27-15-19-10-12-21(13-11-19)20-8-6-5-7-9-20/h5-14,17-18,22,32H,4,15-16H2,1-3H3,(H2,27,29,30)/t22-/m1/s1. The molecule has 0 bridgehead atoms. The van der Waals surface area contributed by atoms with Crippen molar-refractivity contribution in [3.8, 4) is 11.1 Å². The number of aliphatic hydroxyl groups excluding tert-OH is 1. The van der Waals surface area contributed by atoms with Gasteiger partial charge in [0.2, 0.25) is 0 Å². The fourth-order valence-corrected chi connectivity index (χ4v) is 3.72. The van der Waals surface area contributed by atoms with Gasteiger partial charge in [0, 0.05) is 18.7 Å². The van der Waals surface area contributed by atoms with E-state index in [1.807, 2.05) is 25.4 Å². The number of fused-ring (bicyclic) bond motifs is 1. The summed E-state index contributed by atoms with van der Waals surface area (Å²) < 4.78 is 2.07. The van der Waals surface area contributed by atoms with Crippen molar-refractivity contribution in [3.05, 3.63) is 72.6 Å². The van der Waals surface area contributed by atoms with Crippen molar-refractivity contribution in [3.63, 3.8) is 0 Å². The highest BCUT2D eigenvalue weighted by molar-refractivity contribution is 5.88. The van der Waals surface area contributed by atoms with E-state index in [1.54, 1.807) is 0 Å². The molecule has 6 nitrogen and oxygen atoms in total. The Balaban J connectivity index is 1.58. The predicted octanol–water partition coefficient (Wildman–Crippen LogP) is 5.47. The summed E-state index contributed by atoms with van der Waals surface area (Å²) in [5, 5.41) is 16.5. The highest BCUT2D eigenvalue weighted by Gasteiger charge is 2.15. The van der Waals surface area contributed by atoms with Gasteiger partial charge >= 0.3 is 0 Å². The number of anilines is 2. The van der Waals surface area contributed by atoms with Crippen LogP contribution >= 0.6 is 0 Å². The van der Waals surface area contributed by atoms with Crippen molar-refractivity contribution in [1.82, 2.24) is 14.5 Å². The normalized spacial score (nSPS) is 12.3. The monoisotopic (exact) mass is 429 g/mol. The minimum atomic E-state index is -0.0336. The zero-order valence-electron chi connectivity index (χ0n) is 18.9. The largest absolute Gasteiger partial charge is 0.394 e. The van der Waals surface area contributed by atoms with Gasteiger partial charge in [-0.05, 0) is 37.0 Å². The van der Waals surface area contributed by atoms with E-state index in [-0.39, 0.29) is 18.7 Å². The van der Waals surface area contributed by atoms with E-state index < -0.39 is 0 Å². The number of nitrogens with zero attached hydrogens (tertiary/aromatic N) is 3. The molecule has 0 aliphatic carbocycles. The number of pyridine rings is 1. The number of aromatic nitrogens is 3. The average molecular weight is 430 g/mol. The van der Waals surface area contributed by atoms with Gasteiger partial charge in [-0.2, -0.15) is 0 Å². The summed E-state index contributed by atoms with van der Waals surface area (Å²) in [6.07, 6.45) is 2.66. The van der Waals surface area contributed by atoms with Gasteiger partial charge in [0.15, 0.2) is 5.65 Å². The van der Waals surface area contributed by atoms with E-state index in [0.717, 1.165) is 29.1 Å². The van der Waals surface area contributed by atoms with Crippen LogP contribution in [0.4, 0.5) is 11.5 Å². The first kappa shape index (κ1) is 21.8. The summed E-state index contributed by atoms with van der Waals surface area (Å²) in [5.74, 6) is 0.739. The highest BCUT2D eigenvalue weighted by Crippen LogP contribution is 2.27. The number of rotatable bonds is 9. The average Bonchev–Trinajstić information content (AvgIpc) is 3.26. The third-order valence-electron chi connectivity index (χ3n) is 5.70. The molecule has 0 amide bonds. The van der Waals surface area contributed by atoms with Crippen LogP contribution in [0.25, 0.3) is 22.3 Å². The third kappa shape index (κ3) is 4.75. The van der Waals surface area contributed by atoms with Crippen LogP contribution in [0.3, 0.4) is 0 Å². The Morgan fingerprint density at radius 1 is 1.00 bits per heavy atom. The van der Waals surface area contributed by atoms with Gasteiger partial charge in [-0.25, -0.2) is 9.97 Å². The fourth-order valence-electron chi connectivity index (χ4n) is 3.72. The van der Waals surface area contributed by atoms with Crippen molar-refractivity contribution in [2.75, 3.05) is 17.2 Å².